The van der Waals surface area contributed by atoms with Gasteiger partial charge in [-0.3, -0.25) is 0 Å². The van der Waals surface area contributed by atoms with Crippen LogP contribution in [0.2, 0.25) is 0 Å². The van der Waals surface area contributed by atoms with E-state index in [1.807, 2.05) is 30.3 Å². The van der Waals surface area contributed by atoms with Crippen LogP contribution in [0, 0.1) is 5.82 Å². The van der Waals surface area contributed by atoms with Gasteiger partial charge in [0.25, 0.3) is 0 Å². The molecule has 1 aromatic heterocycles. The summed E-state index contributed by atoms with van der Waals surface area (Å²) in [5.74, 6) is 0.424. The lowest BCUT2D eigenvalue weighted by Crippen LogP contribution is -1.91. The molecule has 5 heteroatoms. The van der Waals surface area contributed by atoms with Crippen LogP contribution >= 0.6 is 11.8 Å². The van der Waals surface area contributed by atoms with Crippen molar-refractivity contribution < 1.29 is 9.13 Å². The molecule has 0 aliphatic rings. The minimum absolute atomic E-state index is 0.333. The number of hydrogen-bond acceptors (Lipinski definition) is 4. The Morgan fingerprint density at radius 3 is 2.75 bits per heavy atom. The van der Waals surface area contributed by atoms with Crippen LogP contribution in [-0.4, -0.2) is 17.1 Å². The number of aromatic nitrogens is 2. The van der Waals surface area contributed by atoms with Gasteiger partial charge in [-0.05, 0) is 24.3 Å². The van der Waals surface area contributed by atoms with Crippen molar-refractivity contribution in [2.24, 2.45) is 0 Å². The molecular weight excluding hydrogens is 275 g/mol. The highest BCUT2D eigenvalue weighted by Crippen LogP contribution is 2.36. The third kappa shape index (κ3) is 2.32. The Kier molecular flexibility index (Phi) is 3.52. The molecule has 0 aliphatic carbocycles. The highest BCUT2D eigenvalue weighted by Gasteiger charge is 2.11. The minimum Gasteiger partial charge on any atom is -0.496 e. The zero-order chi connectivity index (χ0) is 13.9. The van der Waals surface area contributed by atoms with Gasteiger partial charge in [0.2, 0.25) is 0 Å². The second-order valence-electron chi connectivity index (χ2n) is 4.07. The lowest BCUT2D eigenvalue weighted by molar-refractivity contribution is 0.405. The Hall–Kier alpha value is -2.14. The lowest BCUT2D eigenvalue weighted by atomic mass is 10.2. The van der Waals surface area contributed by atoms with Gasteiger partial charge in [0.1, 0.15) is 28.4 Å². The molecule has 3 nitrogen and oxygen atoms in total. The first-order chi connectivity index (χ1) is 9.79. The molecule has 0 saturated heterocycles. The van der Waals surface area contributed by atoms with Gasteiger partial charge in [0, 0.05) is 5.39 Å². The summed E-state index contributed by atoms with van der Waals surface area (Å²) in [6.45, 7) is 0. The molecule has 100 valence electrons. The number of rotatable bonds is 3. The van der Waals surface area contributed by atoms with Crippen molar-refractivity contribution in [3.63, 3.8) is 0 Å². The summed E-state index contributed by atoms with van der Waals surface area (Å²) >= 11 is 1.43. The standard InChI is InChI=1S/C15H11FN2OS/c1-19-12-7-2-3-8-13(12)20-15-10-5-4-6-11(16)14(10)17-9-18-15/h2-9H,1H3. The fourth-order valence-electron chi connectivity index (χ4n) is 1.92. The molecule has 3 rings (SSSR count). The Balaban J connectivity index is 2.09. The molecule has 0 N–H and O–H groups in total. The first-order valence-corrected chi connectivity index (χ1v) is 6.81. The van der Waals surface area contributed by atoms with E-state index in [4.69, 9.17) is 4.74 Å². The van der Waals surface area contributed by atoms with Gasteiger partial charge < -0.3 is 4.74 Å². The van der Waals surface area contributed by atoms with E-state index in [0.29, 0.717) is 15.9 Å². The molecule has 3 aromatic rings. The zero-order valence-electron chi connectivity index (χ0n) is 10.7. The third-order valence-electron chi connectivity index (χ3n) is 2.85. The van der Waals surface area contributed by atoms with E-state index < -0.39 is 0 Å². The van der Waals surface area contributed by atoms with Crippen LogP contribution in [0.3, 0.4) is 0 Å². The molecule has 0 spiro atoms. The van der Waals surface area contributed by atoms with Crippen molar-refractivity contribution in [1.29, 1.82) is 0 Å². The second kappa shape index (κ2) is 5.46. The van der Waals surface area contributed by atoms with Crippen LogP contribution in [0.5, 0.6) is 5.75 Å². The van der Waals surface area contributed by atoms with Crippen molar-refractivity contribution in [2.75, 3.05) is 7.11 Å². The molecule has 0 radical (unpaired) electrons. The SMILES string of the molecule is COc1ccccc1Sc1ncnc2c(F)cccc12. The fraction of sp³-hybridized carbons (Fsp3) is 0.0667. The molecule has 0 unspecified atom stereocenters. The van der Waals surface area contributed by atoms with E-state index in [0.717, 1.165) is 10.6 Å². The molecule has 0 amide bonds. The third-order valence-corrected chi connectivity index (χ3v) is 3.93. The van der Waals surface area contributed by atoms with Crippen molar-refractivity contribution >= 4 is 22.7 Å². The zero-order valence-corrected chi connectivity index (χ0v) is 11.5. The van der Waals surface area contributed by atoms with E-state index in [1.165, 1.54) is 24.2 Å². The molecule has 0 atom stereocenters. The van der Waals surface area contributed by atoms with Crippen LogP contribution in [-0.2, 0) is 0 Å². The fourth-order valence-corrected chi connectivity index (χ4v) is 2.90. The van der Waals surface area contributed by atoms with E-state index >= 15 is 0 Å². The second-order valence-corrected chi connectivity index (χ2v) is 5.10. The summed E-state index contributed by atoms with van der Waals surface area (Å²) in [6.07, 6.45) is 1.38. The van der Waals surface area contributed by atoms with Crippen LogP contribution < -0.4 is 4.74 Å². The topological polar surface area (TPSA) is 35.0 Å². The predicted octanol–water partition coefficient (Wildman–Crippen LogP) is 3.93. The number of methoxy groups -OCH3 is 1. The molecular formula is C15H11FN2OS. The Morgan fingerprint density at radius 2 is 1.90 bits per heavy atom. The Bertz CT molecular complexity index is 764. The summed E-state index contributed by atoms with van der Waals surface area (Å²) in [4.78, 5) is 9.17. The van der Waals surface area contributed by atoms with Gasteiger partial charge in [0.15, 0.2) is 0 Å². The Morgan fingerprint density at radius 1 is 1.05 bits per heavy atom. The number of fused-ring (bicyclic) bond motifs is 1. The number of halogens is 1. The molecule has 2 aromatic carbocycles. The van der Waals surface area contributed by atoms with Gasteiger partial charge in [-0.1, -0.05) is 30.0 Å². The first-order valence-electron chi connectivity index (χ1n) is 5.99. The average molecular weight is 286 g/mol. The van der Waals surface area contributed by atoms with Crippen LogP contribution in [0.15, 0.2) is 58.7 Å². The number of benzene rings is 2. The number of para-hydroxylation sites is 2. The van der Waals surface area contributed by atoms with E-state index in [9.17, 15) is 4.39 Å². The molecule has 1 heterocycles. The summed E-state index contributed by atoms with van der Waals surface area (Å²) in [7, 11) is 1.62. The van der Waals surface area contributed by atoms with Gasteiger partial charge in [0.05, 0.1) is 12.0 Å². The van der Waals surface area contributed by atoms with E-state index in [1.54, 1.807) is 13.2 Å². The van der Waals surface area contributed by atoms with Gasteiger partial charge >= 0.3 is 0 Å². The maximum absolute atomic E-state index is 13.7. The highest BCUT2D eigenvalue weighted by atomic mass is 32.2. The molecule has 0 saturated carbocycles. The lowest BCUT2D eigenvalue weighted by Gasteiger charge is -2.08. The monoisotopic (exact) mass is 286 g/mol. The molecule has 0 aliphatic heterocycles. The maximum atomic E-state index is 13.7. The summed E-state index contributed by atoms with van der Waals surface area (Å²) < 4.78 is 19.0. The predicted molar refractivity (Wildman–Crippen MR) is 76.6 cm³/mol. The smallest absolute Gasteiger partial charge is 0.149 e. The normalized spacial score (nSPS) is 10.7. The van der Waals surface area contributed by atoms with Crippen LogP contribution in [0.4, 0.5) is 4.39 Å². The summed E-state index contributed by atoms with van der Waals surface area (Å²) in [5, 5.41) is 1.41. The molecule has 0 bridgehead atoms. The molecule has 0 fully saturated rings. The highest BCUT2D eigenvalue weighted by molar-refractivity contribution is 7.99. The van der Waals surface area contributed by atoms with Crippen molar-refractivity contribution in [3.8, 4) is 5.75 Å². The quantitative estimate of drug-likeness (QED) is 0.683. The molecule has 20 heavy (non-hydrogen) atoms. The van der Waals surface area contributed by atoms with E-state index in [-0.39, 0.29) is 5.82 Å². The number of hydrogen-bond donors (Lipinski definition) is 0. The summed E-state index contributed by atoms with van der Waals surface area (Å²) in [5.41, 5.74) is 0.333. The van der Waals surface area contributed by atoms with Gasteiger partial charge in [-0.15, -0.1) is 0 Å². The van der Waals surface area contributed by atoms with Crippen molar-refractivity contribution in [1.82, 2.24) is 9.97 Å². The maximum Gasteiger partial charge on any atom is 0.149 e. The summed E-state index contributed by atoms with van der Waals surface area (Å²) in [6, 6.07) is 12.5. The largest absolute Gasteiger partial charge is 0.496 e. The van der Waals surface area contributed by atoms with Crippen LogP contribution in [0.1, 0.15) is 0 Å². The van der Waals surface area contributed by atoms with Crippen molar-refractivity contribution in [3.05, 3.63) is 54.6 Å². The average Bonchev–Trinajstić information content (AvgIpc) is 2.49. The van der Waals surface area contributed by atoms with Gasteiger partial charge in [-0.25, -0.2) is 14.4 Å². The van der Waals surface area contributed by atoms with E-state index in [2.05, 4.69) is 9.97 Å². The van der Waals surface area contributed by atoms with Crippen LogP contribution in [0.25, 0.3) is 10.9 Å². The number of nitrogens with zero attached hydrogens (tertiary/aromatic N) is 2. The minimum atomic E-state index is -0.341. The Labute approximate surface area is 119 Å². The van der Waals surface area contributed by atoms with Crippen molar-refractivity contribution in [2.45, 2.75) is 9.92 Å². The number of ether oxygens (including phenoxy) is 1. The first kappa shape index (κ1) is 12.9. The van der Waals surface area contributed by atoms with Gasteiger partial charge in [-0.2, -0.15) is 0 Å².